The van der Waals surface area contributed by atoms with E-state index in [1.165, 1.54) is 77.0 Å². The summed E-state index contributed by atoms with van der Waals surface area (Å²) in [7, 11) is 0. The first-order valence-corrected chi connectivity index (χ1v) is 12.5. The zero-order valence-electron chi connectivity index (χ0n) is 19.4. The number of ether oxygens (including phenoxy) is 1. The summed E-state index contributed by atoms with van der Waals surface area (Å²) in [5, 5.41) is 5.01. The number of urea groups is 1. The molecule has 1 aliphatic heterocycles. The smallest absolute Gasteiger partial charge is 0.324 e. The number of unbranched alkanes of at least 4 members (excludes halogenated alkanes) is 13. The molecular weight excluding hydrogens is 388 g/mol. The van der Waals surface area contributed by atoms with Crippen LogP contribution in [0.4, 0.5) is 4.79 Å². The van der Waals surface area contributed by atoms with Crippen molar-refractivity contribution in [3.05, 3.63) is 35.9 Å². The molecule has 5 heteroatoms. The van der Waals surface area contributed by atoms with Gasteiger partial charge in [-0.15, -0.1) is 0 Å². The van der Waals surface area contributed by atoms with Crippen molar-refractivity contribution in [2.45, 2.75) is 109 Å². The molecule has 31 heavy (non-hydrogen) atoms. The number of hydrogen-bond acceptors (Lipinski definition) is 3. The third-order valence-electron chi connectivity index (χ3n) is 6.05. The molecule has 1 aromatic rings. The lowest BCUT2D eigenvalue weighted by molar-refractivity contribution is -0.144. The summed E-state index contributed by atoms with van der Waals surface area (Å²) in [6.45, 7) is 2.74. The number of amides is 3. The molecule has 1 saturated heterocycles. The highest BCUT2D eigenvalue weighted by molar-refractivity contribution is 6.06. The topological polar surface area (TPSA) is 67.4 Å². The molecule has 1 heterocycles. The van der Waals surface area contributed by atoms with E-state index in [0.29, 0.717) is 13.0 Å². The first-order chi connectivity index (χ1) is 15.2. The summed E-state index contributed by atoms with van der Waals surface area (Å²) in [6.07, 6.45) is 18.5. The van der Waals surface area contributed by atoms with Crippen molar-refractivity contribution in [3.8, 4) is 0 Å². The maximum atomic E-state index is 12.4. The molecule has 1 aromatic carbocycles. The van der Waals surface area contributed by atoms with Crippen LogP contribution in [0.15, 0.2) is 30.3 Å². The van der Waals surface area contributed by atoms with Gasteiger partial charge in [-0.2, -0.15) is 0 Å². The molecule has 0 bridgehead atoms. The Labute approximate surface area is 188 Å². The number of hydrogen-bond donors (Lipinski definition) is 2. The molecule has 5 nitrogen and oxygen atoms in total. The Morgan fingerprint density at radius 1 is 0.742 bits per heavy atom. The predicted octanol–water partition coefficient (Wildman–Crippen LogP) is 6.26. The first kappa shape index (κ1) is 25.4. The Bertz CT molecular complexity index is 635. The fourth-order valence-electron chi connectivity index (χ4n) is 4.18. The van der Waals surface area contributed by atoms with Crippen molar-refractivity contribution in [2.24, 2.45) is 0 Å². The van der Waals surface area contributed by atoms with E-state index < -0.39 is 17.7 Å². The van der Waals surface area contributed by atoms with Crippen LogP contribution in [0.3, 0.4) is 0 Å². The number of benzene rings is 1. The SMILES string of the molecule is CCCCCCCCCCCCCCCCOC1(Cc2ccccc2)NC(=O)NC1=O. The van der Waals surface area contributed by atoms with E-state index in [9.17, 15) is 9.59 Å². The van der Waals surface area contributed by atoms with Crippen LogP contribution >= 0.6 is 0 Å². The van der Waals surface area contributed by atoms with E-state index in [2.05, 4.69) is 17.6 Å². The lowest BCUT2D eigenvalue weighted by atomic mass is 10.0. The Morgan fingerprint density at radius 3 is 1.74 bits per heavy atom. The van der Waals surface area contributed by atoms with Crippen molar-refractivity contribution in [1.82, 2.24) is 10.6 Å². The lowest BCUT2D eigenvalue weighted by Gasteiger charge is -2.26. The molecule has 1 unspecified atom stereocenters. The van der Waals surface area contributed by atoms with Gasteiger partial charge in [0.25, 0.3) is 5.91 Å². The van der Waals surface area contributed by atoms with Gasteiger partial charge < -0.3 is 10.1 Å². The minimum Gasteiger partial charge on any atom is -0.347 e. The standard InChI is InChI=1S/C26H42N2O3/c1-2-3-4-5-6-7-8-9-10-11-12-13-14-18-21-31-26(24(29)27-25(30)28-26)22-23-19-16-15-17-20-23/h15-17,19-20H,2-14,18,21-22H2,1H3,(H2,27,28,29,30). The van der Waals surface area contributed by atoms with Crippen molar-refractivity contribution < 1.29 is 14.3 Å². The monoisotopic (exact) mass is 430 g/mol. The van der Waals surface area contributed by atoms with Gasteiger partial charge in [0, 0.05) is 6.42 Å². The molecule has 1 aliphatic rings. The fourth-order valence-corrected chi connectivity index (χ4v) is 4.18. The first-order valence-electron chi connectivity index (χ1n) is 12.5. The fraction of sp³-hybridized carbons (Fsp3) is 0.692. The molecule has 0 aromatic heterocycles. The van der Waals surface area contributed by atoms with Crippen LogP contribution in [0, 0.1) is 0 Å². The van der Waals surface area contributed by atoms with Gasteiger partial charge in [0.15, 0.2) is 0 Å². The third-order valence-corrected chi connectivity index (χ3v) is 6.05. The van der Waals surface area contributed by atoms with Crippen LogP contribution in [0.25, 0.3) is 0 Å². The van der Waals surface area contributed by atoms with Gasteiger partial charge in [0.05, 0.1) is 6.61 Å². The average molecular weight is 431 g/mol. The summed E-state index contributed by atoms with van der Waals surface area (Å²) in [5.41, 5.74) is -0.324. The summed E-state index contributed by atoms with van der Waals surface area (Å²) >= 11 is 0. The number of carbonyl (C=O) groups excluding carboxylic acids is 2. The van der Waals surface area contributed by atoms with E-state index in [0.717, 1.165) is 18.4 Å². The van der Waals surface area contributed by atoms with Crippen LogP contribution in [-0.4, -0.2) is 24.3 Å². The minimum atomic E-state index is -1.28. The van der Waals surface area contributed by atoms with E-state index in [4.69, 9.17) is 4.74 Å². The third kappa shape index (κ3) is 9.86. The van der Waals surface area contributed by atoms with Crippen molar-refractivity contribution in [3.63, 3.8) is 0 Å². The quantitative estimate of drug-likeness (QED) is 0.213. The maximum absolute atomic E-state index is 12.4. The summed E-state index contributed by atoms with van der Waals surface area (Å²) in [6, 6.07) is 9.17. The summed E-state index contributed by atoms with van der Waals surface area (Å²) in [5.74, 6) is -0.397. The molecule has 2 rings (SSSR count). The van der Waals surface area contributed by atoms with Crippen LogP contribution in [0.5, 0.6) is 0 Å². The highest BCUT2D eigenvalue weighted by Gasteiger charge is 2.47. The molecule has 1 fully saturated rings. The van der Waals surface area contributed by atoms with Crippen LogP contribution < -0.4 is 10.6 Å². The van der Waals surface area contributed by atoms with Crippen LogP contribution in [0.2, 0.25) is 0 Å². The summed E-state index contributed by atoms with van der Waals surface area (Å²) < 4.78 is 5.94. The van der Waals surface area contributed by atoms with E-state index in [1.807, 2.05) is 30.3 Å². The number of nitrogens with one attached hydrogen (secondary N) is 2. The number of carbonyl (C=O) groups is 2. The molecule has 3 amide bonds. The number of rotatable bonds is 18. The maximum Gasteiger partial charge on any atom is 0.324 e. The van der Waals surface area contributed by atoms with Crippen LogP contribution in [0.1, 0.15) is 102 Å². The zero-order valence-corrected chi connectivity index (χ0v) is 19.4. The second-order valence-corrected chi connectivity index (χ2v) is 8.84. The lowest BCUT2D eigenvalue weighted by Crippen LogP contribution is -2.51. The van der Waals surface area contributed by atoms with Gasteiger partial charge in [-0.25, -0.2) is 4.79 Å². The Kier molecular flexibility index (Phi) is 12.3. The van der Waals surface area contributed by atoms with Gasteiger partial charge in [-0.05, 0) is 12.0 Å². The van der Waals surface area contributed by atoms with E-state index in [1.54, 1.807) is 0 Å². The average Bonchev–Trinajstić information content (AvgIpc) is 3.04. The summed E-state index contributed by atoms with van der Waals surface area (Å²) in [4.78, 5) is 24.1. The molecule has 174 valence electrons. The van der Waals surface area contributed by atoms with Crippen molar-refractivity contribution in [1.29, 1.82) is 0 Å². The molecule has 0 spiro atoms. The van der Waals surface area contributed by atoms with Gasteiger partial charge in [-0.3, -0.25) is 10.1 Å². The number of imide groups is 1. The second kappa shape index (κ2) is 15.0. The van der Waals surface area contributed by atoms with E-state index in [-0.39, 0.29) is 0 Å². The molecule has 0 saturated carbocycles. The van der Waals surface area contributed by atoms with Gasteiger partial charge in [-0.1, -0.05) is 121 Å². The Hall–Kier alpha value is -1.88. The highest BCUT2D eigenvalue weighted by atomic mass is 16.5. The second-order valence-electron chi connectivity index (χ2n) is 8.84. The Balaban J connectivity index is 1.52. The predicted molar refractivity (Wildman–Crippen MR) is 126 cm³/mol. The molecule has 0 aliphatic carbocycles. The normalized spacial score (nSPS) is 18.2. The van der Waals surface area contributed by atoms with Crippen molar-refractivity contribution >= 4 is 11.9 Å². The molecule has 2 N–H and O–H groups in total. The zero-order chi connectivity index (χ0) is 22.2. The van der Waals surface area contributed by atoms with Gasteiger partial charge >= 0.3 is 6.03 Å². The molecule has 0 radical (unpaired) electrons. The van der Waals surface area contributed by atoms with Crippen molar-refractivity contribution in [2.75, 3.05) is 6.61 Å². The highest BCUT2D eigenvalue weighted by Crippen LogP contribution is 2.20. The largest absolute Gasteiger partial charge is 0.347 e. The van der Waals surface area contributed by atoms with Crippen LogP contribution in [-0.2, 0) is 16.0 Å². The minimum absolute atomic E-state index is 0.337. The Morgan fingerprint density at radius 2 is 1.26 bits per heavy atom. The molecular formula is C26H42N2O3. The van der Waals surface area contributed by atoms with Gasteiger partial charge in [0.2, 0.25) is 5.72 Å². The van der Waals surface area contributed by atoms with Gasteiger partial charge in [0.1, 0.15) is 0 Å². The van der Waals surface area contributed by atoms with E-state index >= 15 is 0 Å². The molecule has 1 atom stereocenters.